The minimum absolute atomic E-state index is 0.0426. The fourth-order valence-electron chi connectivity index (χ4n) is 2.53. The molecule has 2 atom stereocenters. The van der Waals surface area contributed by atoms with E-state index < -0.39 is 10.0 Å². The highest BCUT2D eigenvalue weighted by Gasteiger charge is 2.31. The molecule has 0 bridgehead atoms. The molecule has 5 heteroatoms. The van der Waals surface area contributed by atoms with Crippen molar-refractivity contribution in [3.05, 3.63) is 29.8 Å². The van der Waals surface area contributed by atoms with Gasteiger partial charge in [0.05, 0.1) is 4.90 Å². The van der Waals surface area contributed by atoms with Crippen LogP contribution in [-0.4, -0.2) is 26.2 Å². The molecule has 1 aliphatic carbocycles. The van der Waals surface area contributed by atoms with Crippen molar-refractivity contribution in [1.82, 2.24) is 4.72 Å². The van der Waals surface area contributed by atoms with Crippen molar-refractivity contribution in [1.29, 1.82) is 0 Å². The first-order valence-electron chi connectivity index (χ1n) is 6.23. The summed E-state index contributed by atoms with van der Waals surface area (Å²) in [5.41, 5.74) is 0.739. The number of benzene rings is 1. The van der Waals surface area contributed by atoms with Gasteiger partial charge >= 0.3 is 0 Å². The Kier molecular flexibility index (Phi) is 4.04. The smallest absolute Gasteiger partial charge is 0.241 e. The number of aliphatic hydroxyl groups excluding tert-OH is 1. The summed E-state index contributed by atoms with van der Waals surface area (Å²) in [5, 5.41) is 9.22. The first-order chi connectivity index (χ1) is 8.54. The van der Waals surface area contributed by atoms with Crippen LogP contribution in [0.4, 0.5) is 0 Å². The number of hydrogen-bond donors (Lipinski definition) is 2. The molecule has 1 saturated carbocycles. The number of aryl methyl sites for hydroxylation is 1. The third kappa shape index (κ3) is 2.74. The Hall–Kier alpha value is -0.910. The molecule has 0 amide bonds. The van der Waals surface area contributed by atoms with Gasteiger partial charge in [0, 0.05) is 12.6 Å². The van der Waals surface area contributed by atoms with E-state index in [1.54, 1.807) is 25.1 Å². The van der Waals surface area contributed by atoms with E-state index in [1.807, 2.05) is 6.07 Å². The van der Waals surface area contributed by atoms with Crippen LogP contribution in [0.3, 0.4) is 0 Å². The van der Waals surface area contributed by atoms with Gasteiger partial charge in [0.2, 0.25) is 10.0 Å². The maximum absolute atomic E-state index is 12.3. The molecule has 0 radical (unpaired) electrons. The lowest BCUT2D eigenvalue weighted by Crippen LogP contribution is -2.38. The average Bonchev–Trinajstić information content (AvgIpc) is 2.76. The van der Waals surface area contributed by atoms with Gasteiger partial charge in [-0.05, 0) is 37.3 Å². The van der Waals surface area contributed by atoms with E-state index in [-0.39, 0.29) is 18.6 Å². The van der Waals surface area contributed by atoms with Gasteiger partial charge < -0.3 is 5.11 Å². The molecule has 0 heterocycles. The summed E-state index contributed by atoms with van der Waals surface area (Å²) < 4.78 is 27.3. The number of hydrogen-bond acceptors (Lipinski definition) is 3. The Labute approximate surface area is 108 Å². The van der Waals surface area contributed by atoms with Crippen LogP contribution in [-0.2, 0) is 10.0 Å². The lowest BCUT2D eigenvalue weighted by Gasteiger charge is -2.19. The van der Waals surface area contributed by atoms with Crippen LogP contribution in [0.15, 0.2) is 29.2 Å². The molecule has 0 spiro atoms. The predicted octanol–water partition coefficient (Wildman–Crippen LogP) is 1.43. The average molecular weight is 269 g/mol. The van der Waals surface area contributed by atoms with Crippen LogP contribution in [0, 0.1) is 12.8 Å². The molecule has 100 valence electrons. The van der Waals surface area contributed by atoms with Crippen molar-refractivity contribution in [3.8, 4) is 0 Å². The maximum Gasteiger partial charge on any atom is 0.241 e. The summed E-state index contributed by atoms with van der Waals surface area (Å²) >= 11 is 0. The van der Waals surface area contributed by atoms with Crippen LogP contribution in [0.25, 0.3) is 0 Å². The fraction of sp³-hybridized carbons (Fsp3) is 0.538. The van der Waals surface area contributed by atoms with Crippen molar-refractivity contribution in [2.45, 2.75) is 37.1 Å². The van der Waals surface area contributed by atoms with E-state index in [2.05, 4.69) is 4.72 Å². The first-order valence-corrected chi connectivity index (χ1v) is 7.72. The van der Waals surface area contributed by atoms with Gasteiger partial charge in [0.1, 0.15) is 0 Å². The SMILES string of the molecule is Cc1ccccc1S(=O)(=O)NC1CCCC1CO. The van der Waals surface area contributed by atoms with E-state index in [0.29, 0.717) is 4.90 Å². The second-order valence-electron chi connectivity index (χ2n) is 4.87. The predicted molar refractivity (Wildman–Crippen MR) is 69.7 cm³/mol. The van der Waals surface area contributed by atoms with Gasteiger partial charge in [-0.1, -0.05) is 24.6 Å². The van der Waals surface area contributed by atoms with Crippen LogP contribution < -0.4 is 4.72 Å². The summed E-state index contributed by atoms with van der Waals surface area (Å²) in [6.07, 6.45) is 2.65. The highest BCUT2D eigenvalue weighted by atomic mass is 32.2. The van der Waals surface area contributed by atoms with E-state index in [4.69, 9.17) is 0 Å². The molecule has 18 heavy (non-hydrogen) atoms. The quantitative estimate of drug-likeness (QED) is 0.869. The summed E-state index contributed by atoms with van der Waals surface area (Å²) in [7, 11) is -3.48. The molecule has 0 saturated heterocycles. The van der Waals surface area contributed by atoms with Crippen molar-refractivity contribution >= 4 is 10.0 Å². The maximum atomic E-state index is 12.3. The Morgan fingerprint density at radius 1 is 1.33 bits per heavy atom. The Balaban J connectivity index is 2.20. The van der Waals surface area contributed by atoms with E-state index >= 15 is 0 Å². The molecular weight excluding hydrogens is 250 g/mol. The second-order valence-corrected chi connectivity index (χ2v) is 6.55. The standard InChI is InChI=1S/C13H19NO3S/c1-10-5-2-3-8-13(10)18(16,17)14-12-7-4-6-11(12)9-15/h2-3,5,8,11-12,14-15H,4,6-7,9H2,1H3. The molecule has 1 fully saturated rings. The molecule has 2 unspecified atom stereocenters. The summed E-state index contributed by atoms with van der Waals surface area (Å²) in [5.74, 6) is 0.0452. The molecule has 1 aliphatic rings. The topological polar surface area (TPSA) is 66.4 Å². The third-order valence-corrected chi connectivity index (χ3v) is 5.23. The Morgan fingerprint density at radius 3 is 2.72 bits per heavy atom. The first kappa shape index (κ1) is 13.5. The van der Waals surface area contributed by atoms with Gasteiger partial charge in [-0.25, -0.2) is 13.1 Å². The van der Waals surface area contributed by atoms with Crippen molar-refractivity contribution < 1.29 is 13.5 Å². The fourth-order valence-corrected chi connectivity index (χ4v) is 4.12. The normalized spacial score (nSPS) is 24.3. The zero-order chi connectivity index (χ0) is 13.2. The van der Waals surface area contributed by atoms with Crippen molar-refractivity contribution in [2.75, 3.05) is 6.61 Å². The molecular formula is C13H19NO3S. The van der Waals surface area contributed by atoms with E-state index in [9.17, 15) is 13.5 Å². The van der Waals surface area contributed by atoms with Gasteiger partial charge in [0.25, 0.3) is 0 Å². The minimum Gasteiger partial charge on any atom is -0.396 e. The summed E-state index contributed by atoms with van der Waals surface area (Å²) in [6, 6.07) is 6.80. The second kappa shape index (κ2) is 5.38. The number of rotatable bonds is 4. The van der Waals surface area contributed by atoms with Gasteiger partial charge in [0.15, 0.2) is 0 Å². The molecule has 0 aromatic heterocycles. The number of nitrogens with one attached hydrogen (secondary N) is 1. The molecule has 0 aliphatic heterocycles. The third-order valence-electron chi connectivity index (χ3n) is 3.58. The molecule has 1 aromatic rings. The zero-order valence-corrected chi connectivity index (χ0v) is 11.3. The lowest BCUT2D eigenvalue weighted by molar-refractivity contribution is 0.213. The van der Waals surface area contributed by atoms with Gasteiger partial charge in [-0.2, -0.15) is 0 Å². The Bertz CT molecular complexity index is 513. The van der Waals surface area contributed by atoms with Gasteiger partial charge in [-0.3, -0.25) is 0 Å². The number of sulfonamides is 1. The van der Waals surface area contributed by atoms with Crippen molar-refractivity contribution in [3.63, 3.8) is 0 Å². The monoisotopic (exact) mass is 269 g/mol. The molecule has 2 rings (SSSR count). The lowest BCUT2D eigenvalue weighted by atomic mass is 10.1. The van der Waals surface area contributed by atoms with Crippen LogP contribution in [0.2, 0.25) is 0 Å². The van der Waals surface area contributed by atoms with Crippen molar-refractivity contribution in [2.24, 2.45) is 5.92 Å². The van der Waals surface area contributed by atoms with Crippen LogP contribution >= 0.6 is 0 Å². The molecule has 1 aromatic carbocycles. The molecule has 2 N–H and O–H groups in total. The summed E-state index contributed by atoms with van der Waals surface area (Å²) in [4.78, 5) is 0.327. The van der Waals surface area contributed by atoms with Crippen LogP contribution in [0.1, 0.15) is 24.8 Å². The van der Waals surface area contributed by atoms with Crippen LogP contribution in [0.5, 0.6) is 0 Å². The largest absolute Gasteiger partial charge is 0.396 e. The number of aliphatic hydroxyl groups is 1. The summed E-state index contributed by atoms with van der Waals surface area (Å²) in [6.45, 7) is 1.83. The zero-order valence-electron chi connectivity index (χ0n) is 10.5. The molecule has 4 nitrogen and oxygen atoms in total. The van der Waals surface area contributed by atoms with Gasteiger partial charge in [-0.15, -0.1) is 0 Å². The van der Waals surface area contributed by atoms with E-state index in [1.165, 1.54) is 0 Å². The highest BCUT2D eigenvalue weighted by Crippen LogP contribution is 2.27. The highest BCUT2D eigenvalue weighted by molar-refractivity contribution is 7.89. The Morgan fingerprint density at radius 2 is 2.06 bits per heavy atom. The minimum atomic E-state index is -3.48. The van der Waals surface area contributed by atoms with E-state index in [0.717, 1.165) is 24.8 Å².